The molecule has 0 spiro atoms. The third-order valence-corrected chi connectivity index (χ3v) is 5.07. The van der Waals surface area contributed by atoms with Crippen molar-refractivity contribution in [3.63, 3.8) is 0 Å². The normalized spacial score (nSPS) is 12.1. The van der Waals surface area contributed by atoms with E-state index in [4.69, 9.17) is 9.47 Å². The Bertz CT molecular complexity index is 845. The Morgan fingerprint density at radius 1 is 1.03 bits per heavy atom. The largest absolute Gasteiger partial charge is 0.497 e. The summed E-state index contributed by atoms with van der Waals surface area (Å²) in [5.74, 6) is 0.872. The molecular formula is C23H29IN2O4. The summed E-state index contributed by atoms with van der Waals surface area (Å²) in [5.41, 5.74) is 0.506. The van der Waals surface area contributed by atoms with Crippen molar-refractivity contribution in [3.05, 3.63) is 57.7 Å². The molecule has 0 saturated carbocycles. The second kappa shape index (κ2) is 10.7. The van der Waals surface area contributed by atoms with Crippen molar-refractivity contribution in [2.75, 3.05) is 13.7 Å². The average Bonchev–Trinajstić information content (AvgIpc) is 2.70. The smallest absolute Gasteiger partial charge is 0.261 e. The number of benzene rings is 2. The highest BCUT2D eigenvalue weighted by atomic mass is 127. The maximum absolute atomic E-state index is 13.0. The first-order valence-corrected chi connectivity index (χ1v) is 10.8. The van der Waals surface area contributed by atoms with E-state index in [1.165, 1.54) is 4.90 Å². The van der Waals surface area contributed by atoms with E-state index in [1.54, 1.807) is 14.0 Å². The van der Waals surface area contributed by atoms with Crippen molar-refractivity contribution in [1.29, 1.82) is 0 Å². The Labute approximate surface area is 192 Å². The molecule has 0 fully saturated rings. The van der Waals surface area contributed by atoms with Gasteiger partial charge < -0.3 is 19.7 Å². The second-order valence-electron chi connectivity index (χ2n) is 8.03. The standard InChI is InChI=1S/C23H29IN2O4/c1-16(22(28)25-23(2,3)4)26(14-17-6-10-19(29-5)11-7-17)21(27)15-30-20-12-8-18(24)9-13-20/h6-13,16H,14-15H2,1-5H3,(H,25,28)/t16-/m1/s1. The number of amides is 2. The number of hydrogen-bond acceptors (Lipinski definition) is 4. The van der Waals surface area contributed by atoms with Crippen molar-refractivity contribution in [2.24, 2.45) is 0 Å². The molecule has 0 aliphatic carbocycles. The molecule has 0 bridgehead atoms. The average molecular weight is 524 g/mol. The Kier molecular flexibility index (Phi) is 8.52. The van der Waals surface area contributed by atoms with Gasteiger partial charge in [0.15, 0.2) is 6.61 Å². The summed E-state index contributed by atoms with van der Waals surface area (Å²) in [5, 5.41) is 2.94. The van der Waals surface area contributed by atoms with Crippen LogP contribution in [0, 0.1) is 3.57 Å². The van der Waals surface area contributed by atoms with Crippen LogP contribution in [0.4, 0.5) is 0 Å². The highest BCUT2D eigenvalue weighted by Crippen LogP contribution is 2.17. The van der Waals surface area contributed by atoms with E-state index < -0.39 is 11.6 Å². The molecule has 2 rings (SSSR count). The zero-order valence-electron chi connectivity index (χ0n) is 18.1. The van der Waals surface area contributed by atoms with Crippen LogP contribution in [0.15, 0.2) is 48.5 Å². The third kappa shape index (κ3) is 7.51. The summed E-state index contributed by atoms with van der Waals surface area (Å²) in [6.07, 6.45) is 0. The van der Waals surface area contributed by atoms with Gasteiger partial charge in [0.25, 0.3) is 5.91 Å². The van der Waals surface area contributed by atoms with Crippen molar-refractivity contribution in [3.8, 4) is 11.5 Å². The first kappa shape index (κ1) is 24.0. The molecule has 162 valence electrons. The van der Waals surface area contributed by atoms with Gasteiger partial charge in [-0.1, -0.05) is 12.1 Å². The Morgan fingerprint density at radius 2 is 1.60 bits per heavy atom. The number of nitrogens with zero attached hydrogens (tertiary/aromatic N) is 1. The molecule has 0 radical (unpaired) electrons. The highest BCUT2D eigenvalue weighted by molar-refractivity contribution is 14.1. The minimum atomic E-state index is -0.654. The summed E-state index contributed by atoms with van der Waals surface area (Å²) >= 11 is 2.21. The van der Waals surface area contributed by atoms with Gasteiger partial charge in [0.1, 0.15) is 17.5 Å². The zero-order chi connectivity index (χ0) is 22.3. The SMILES string of the molecule is COc1ccc(CN(C(=O)COc2ccc(I)cc2)[C@H](C)C(=O)NC(C)(C)C)cc1. The Balaban J connectivity index is 2.16. The summed E-state index contributed by atoms with van der Waals surface area (Å²) in [6.45, 7) is 7.60. The van der Waals surface area contributed by atoms with Gasteiger partial charge in [-0.15, -0.1) is 0 Å². The lowest BCUT2D eigenvalue weighted by atomic mass is 10.1. The third-order valence-electron chi connectivity index (χ3n) is 4.35. The molecule has 0 heterocycles. The fourth-order valence-electron chi connectivity index (χ4n) is 2.74. The van der Waals surface area contributed by atoms with E-state index in [-0.39, 0.29) is 25.0 Å². The molecule has 2 aromatic rings. The number of methoxy groups -OCH3 is 1. The molecule has 0 aromatic heterocycles. The molecule has 30 heavy (non-hydrogen) atoms. The minimum absolute atomic E-state index is 0.149. The fourth-order valence-corrected chi connectivity index (χ4v) is 3.10. The monoisotopic (exact) mass is 524 g/mol. The fraction of sp³-hybridized carbons (Fsp3) is 0.391. The number of rotatable bonds is 8. The molecule has 2 amide bonds. The molecule has 6 nitrogen and oxygen atoms in total. The number of ether oxygens (including phenoxy) is 2. The van der Waals surface area contributed by atoms with E-state index >= 15 is 0 Å². The van der Waals surface area contributed by atoms with Crippen LogP contribution in [-0.2, 0) is 16.1 Å². The first-order chi connectivity index (χ1) is 14.1. The van der Waals surface area contributed by atoms with E-state index in [0.717, 1.165) is 14.9 Å². The van der Waals surface area contributed by atoms with Crippen molar-refractivity contribution in [2.45, 2.75) is 45.8 Å². The predicted octanol–water partition coefficient (Wildman–Crippen LogP) is 4.01. The van der Waals surface area contributed by atoms with Gasteiger partial charge in [-0.3, -0.25) is 9.59 Å². The number of carbonyl (C=O) groups excluding carboxylic acids is 2. The predicted molar refractivity (Wildman–Crippen MR) is 126 cm³/mol. The van der Waals surface area contributed by atoms with Gasteiger partial charge in [-0.25, -0.2) is 0 Å². The van der Waals surface area contributed by atoms with Gasteiger partial charge >= 0.3 is 0 Å². The van der Waals surface area contributed by atoms with Crippen LogP contribution < -0.4 is 14.8 Å². The minimum Gasteiger partial charge on any atom is -0.497 e. The number of carbonyl (C=O) groups is 2. The summed E-state index contributed by atoms with van der Waals surface area (Å²) in [4.78, 5) is 27.3. The zero-order valence-corrected chi connectivity index (χ0v) is 20.2. The molecule has 2 aromatic carbocycles. The van der Waals surface area contributed by atoms with Crippen LogP contribution in [0.5, 0.6) is 11.5 Å². The number of hydrogen-bond donors (Lipinski definition) is 1. The molecule has 1 N–H and O–H groups in total. The van der Waals surface area contributed by atoms with Gasteiger partial charge in [-0.2, -0.15) is 0 Å². The second-order valence-corrected chi connectivity index (χ2v) is 9.27. The van der Waals surface area contributed by atoms with E-state index in [2.05, 4.69) is 27.9 Å². The molecule has 0 unspecified atom stereocenters. The summed E-state index contributed by atoms with van der Waals surface area (Å²) in [7, 11) is 1.60. The maximum Gasteiger partial charge on any atom is 0.261 e. The van der Waals surface area contributed by atoms with Crippen LogP contribution in [0.2, 0.25) is 0 Å². The Morgan fingerprint density at radius 3 is 2.13 bits per heavy atom. The summed E-state index contributed by atoms with van der Waals surface area (Å²) < 4.78 is 11.9. The van der Waals surface area contributed by atoms with Gasteiger partial charge in [0, 0.05) is 15.7 Å². The van der Waals surface area contributed by atoms with Crippen LogP contribution >= 0.6 is 22.6 Å². The van der Waals surface area contributed by atoms with Gasteiger partial charge in [0.05, 0.1) is 7.11 Å². The molecule has 0 saturated heterocycles. The maximum atomic E-state index is 13.0. The lowest BCUT2D eigenvalue weighted by Crippen LogP contribution is -2.53. The Hall–Kier alpha value is -2.29. The number of nitrogens with one attached hydrogen (secondary N) is 1. The van der Waals surface area contributed by atoms with E-state index in [1.807, 2.05) is 69.3 Å². The van der Waals surface area contributed by atoms with Gasteiger partial charge in [0.2, 0.25) is 5.91 Å². The van der Waals surface area contributed by atoms with E-state index in [9.17, 15) is 9.59 Å². The van der Waals surface area contributed by atoms with Crippen LogP contribution in [0.1, 0.15) is 33.3 Å². The molecule has 0 aliphatic rings. The molecule has 0 aliphatic heterocycles. The van der Waals surface area contributed by atoms with Crippen LogP contribution in [0.3, 0.4) is 0 Å². The van der Waals surface area contributed by atoms with Crippen molar-refractivity contribution < 1.29 is 19.1 Å². The van der Waals surface area contributed by atoms with Crippen molar-refractivity contribution in [1.82, 2.24) is 10.2 Å². The van der Waals surface area contributed by atoms with Gasteiger partial charge in [-0.05, 0) is 92.2 Å². The lowest BCUT2D eigenvalue weighted by molar-refractivity contribution is -0.142. The molecule has 7 heteroatoms. The molecule has 1 atom stereocenters. The highest BCUT2D eigenvalue weighted by Gasteiger charge is 2.28. The quantitative estimate of drug-likeness (QED) is 0.531. The van der Waals surface area contributed by atoms with Crippen LogP contribution in [-0.4, -0.2) is 42.0 Å². The summed E-state index contributed by atoms with van der Waals surface area (Å²) in [6, 6.07) is 14.2. The lowest BCUT2D eigenvalue weighted by Gasteiger charge is -2.31. The van der Waals surface area contributed by atoms with Crippen molar-refractivity contribution >= 4 is 34.4 Å². The molecular weight excluding hydrogens is 495 g/mol. The topological polar surface area (TPSA) is 67.9 Å². The van der Waals surface area contributed by atoms with Crippen LogP contribution in [0.25, 0.3) is 0 Å². The van der Waals surface area contributed by atoms with E-state index in [0.29, 0.717) is 5.75 Å². The first-order valence-electron chi connectivity index (χ1n) is 9.72. The number of halogens is 1.